The molecule has 0 fully saturated rings. The Hall–Kier alpha value is -2.94. The van der Waals surface area contributed by atoms with Crippen molar-refractivity contribution in [2.75, 3.05) is 13.2 Å². The Morgan fingerprint density at radius 3 is 2.02 bits per heavy atom. The molecule has 9 nitrogen and oxygen atoms in total. The van der Waals surface area contributed by atoms with E-state index in [0.29, 0.717) is 12.8 Å². The van der Waals surface area contributed by atoms with Gasteiger partial charge in [0.05, 0.1) is 13.2 Å². The van der Waals surface area contributed by atoms with Crippen molar-refractivity contribution in [1.82, 2.24) is 10.6 Å². The Morgan fingerprint density at radius 1 is 0.738 bits per heavy atom. The van der Waals surface area contributed by atoms with E-state index in [1.54, 1.807) is 0 Å². The highest BCUT2D eigenvalue weighted by Crippen LogP contribution is 2.15. The Balaban J connectivity index is 3.88. The number of aliphatic hydroxyl groups is 1. The number of rotatable bonds is 27. The number of hydrogen-bond donors (Lipinski definition) is 4. The van der Waals surface area contributed by atoms with Crippen LogP contribution in [0.25, 0.3) is 0 Å². The summed E-state index contributed by atoms with van der Waals surface area (Å²) in [5, 5.41) is 22.3. The summed E-state index contributed by atoms with van der Waals surface area (Å²) in [5.74, 6) is -2.44. The third-order valence-corrected chi connectivity index (χ3v) is 6.63. The zero-order valence-electron chi connectivity index (χ0n) is 26.0. The normalized spacial score (nSPS) is 13.0. The fourth-order valence-corrected chi connectivity index (χ4v) is 4.25. The SMILES string of the molecule is CC/C=C\C/C=C\C/C=C\CCCCCCCC(=O)OC(CCC)CCCCCC(=O)NCC(=O)NC(CO)C(=O)O. The number of ether oxygens (including phenoxy) is 1. The molecule has 0 spiro atoms. The van der Waals surface area contributed by atoms with Gasteiger partial charge in [-0.2, -0.15) is 0 Å². The molecule has 0 bridgehead atoms. The standard InChI is InChI=1S/C33H56N2O7/c1-3-5-6-7-8-9-10-11-12-13-14-15-16-17-21-25-32(39)42-28(22-4-2)23-19-18-20-24-30(37)34-26-31(38)35-29(27-36)33(40)41/h5-6,8-9,11-12,28-29,36H,3-4,7,10,13-27H2,1-2H3,(H,34,37)(H,35,38)(H,40,41)/b6-5-,9-8-,12-11-. The number of carboxylic acids is 1. The molecule has 0 rings (SSSR count). The number of carbonyl (C=O) groups excluding carboxylic acids is 3. The number of unbranched alkanes of at least 4 members (excludes halogenated alkanes) is 7. The third-order valence-electron chi connectivity index (χ3n) is 6.63. The molecule has 2 atom stereocenters. The fourth-order valence-electron chi connectivity index (χ4n) is 4.25. The van der Waals surface area contributed by atoms with Crippen LogP contribution in [0.3, 0.4) is 0 Å². The van der Waals surface area contributed by atoms with E-state index in [1.807, 2.05) is 0 Å². The van der Waals surface area contributed by atoms with Crippen molar-refractivity contribution in [1.29, 1.82) is 0 Å². The summed E-state index contributed by atoms with van der Waals surface area (Å²) in [5.41, 5.74) is 0. The molecule has 240 valence electrons. The molecule has 9 heteroatoms. The maximum absolute atomic E-state index is 12.3. The van der Waals surface area contributed by atoms with Gasteiger partial charge in [-0.15, -0.1) is 0 Å². The molecule has 0 aliphatic carbocycles. The summed E-state index contributed by atoms with van der Waals surface area (Å²) in [6.45, 7) is 3.14. The number of carboxylic acid groups (broad SMARTS) is 1. The van der Waals surface area contributed by atoms with E-state index >= 15 is 0 Å². The van der Waals surface area contributed by atoms with Gasteiger partial charge in [-0.3, -0.25) is 14.4 Å². The van der Waals surface area contributed by atoms with Crippen molar-refractivity contribution in [3.63, 3.8) is 0 Å². The van der Waals surface area contributed by atoms with Gasteiger partial charge >= 0.3 is 11.9 Å². The summed E-state index contributed by atoms with van der Waals surface area (Å²) in [4.78, 5) is 46.7. The third kappa shape index (κ3) is 24.8. The van der Waals surface area contributed by atoms with E-state index in [2.05, 4.69) is 60.9 Å². The maximum Gasteiger partial charge on any atom is 0.328 e. The topological polar surface area (TPSA) is 142 Å². The molecule has 2 amide bonds. The molecular weight excluding hydrogens is 536 g/mol. The molecule has 0 aromatic carbocycles. The Morgan fingerprint density at radius 2 is 1.36 bits per heavy atom. The van der Waals surface area contributed by atoms with Gasteiger partial charge in [0, 0.05) is 12.8 Å². The molecule has 0 aliphatic rings. The van der Waals surface area contributed by atoms with Crippen molar-refractivity contribution in [2.45, 2.75) is 135 Å². The van der Waals surface area contributed by atoms with Crippen LogP contribution in [0.1, 0.15) is 123 Å². The van der Waals surface area contributed by atoms with Gasteiger partial charge in [-0.1, -0.05) is 82.4 Å². The van der Waals surface area contributed by atoms with Gasteiger partial charge in [-0.25, -0.2) is 4.79 Å². The van der Waals surface area contributed by atoms with Crippen molar-refractivity contribution in [3.8, 4) is 0 Å². The minimum Gasteiger partial charge on any atom is -0.480 e. The highest BCUT2D eigenvalue weighted by atomic mass is 16.5. The van der Waals surface area contributed by atoms with E-state index < -0.39 is 24.5 Å². The molecule has 42 heavy (non-hydrogen) atoms. The van der Waals surface area contributed by atoms with Crippen molar-refractivity contribution < 1.29 is 34.1 Å². The van der Waals surface area contributed by atoms with Gasteiger partial charge in [0.1, 0.15) is 12.1 Å². The van der Waals surface area contributed by atoms with Gasteiger partial charge in [0.15, 0.2) is 0 Å². The van der Waals surface area contributed by atoms with Crippen molar-refractivity contribution >= 4 is 23.8 Å². The summed E-state index contributed by atoms with van der Waals surface area (Å²) in [7, 11) is 0. The average Bonchev–Trinajstić information content (AvgIpc) is 2.96. The highest BCUT2D eigenvalue weighted by Gasteiger charge is 2.19. The van der Waals surface area contributed by atoms with Crippen LogP contribution in [0.4, 0.5) is 0 Å². The number of amides is 2. The molecule has 0 saturated carbocycles. The molecule has 4 N–H and O–H groups in total. The second-order valence-corrected chi connectivity index (χ2v) is 10.5. The largest absolute Gasteiger partial charge is 0.480 e. The van der Waals surface area contributed by atoms with Crippen LogP contribution in [0.5, 0.6) is 0 Å². The monoisotopic (exact) mass is 592 g/mol. The molecule has 0 aromatic rings. The first-order chi connectivity index (χ1) is 20.3. The average molecular weight is 593 g/mol. The van der Waals surface area contributed by atoms with E-state index in [4.69, 9.17) is 14.9 Å². The summed E-state index contributed by atoms with van der Waals surface area (Å²) >= 11 is 0. The lowest BCUT2D eigenvalue weighted by Gasteiger charge is -2.17. The summed E-state index contributed by atoms with van der Waals surface area (Å²) < 4.78 is 5.72. The van der Waals surface area contributed by atoms with Gasteiger partial charge in [0.2, 0.25) is 11.8 Å². The van der Waals surface area contributed by atoms with Crippen LogP contribution in [0.15, 0.2) is 36.5 Å². The first kappa shape index (κ1) is 39.1. The predicted molar refractivity (Wildman–Crippen MR) is 167 cm³/mol. The number of aliphatic carboxylic acids is 1. The van der Waals surface area contributed by atoms with Crippen molar-refractivity contribution in [3.05, 3.63) is 36.5 Å². The summed E-state index contributed by atoms with van der Waals surface area (Å²) in [6, 6.07) is -1.39. The molecule has 0 aromatic heterocycles. The minimum absolute atomic E-state index is 0.0943. The zero-order chi connectivity index (χ0) is 31.3. The quantitative estimate of drug-likeness (QED) is 0.0527. The second-order valence-electron chi connectivity index (χ2n) is 10.5. The number of allylic oxidation sites excluding steroid dienone is 6. The lowest BCUT2D eigenvalue weighted by Crippen LogP contribution is -2.47. The number of nitrogens with one attached hydrogen (secondary N) is 2. The number of esters is 1. The van der Waals surface area contributed by atoms with Crippen LogP contribution in [-0.4, -0.2) is 59.3 Å². The van der Waals surface area contributed by atoms with E-state index in [9.17, 15) is 19.2 Å². The van der Waals surface area contributed by atoms with Gasteiger partial charge in [-0.05, 0) is 64.2 Å². The Labute approximate surface area is 253 Å². The molecule has 0 radical (unpaired) electrons. The van der Waals surface area contributed by atoms with E-state index in [1.165, 1.54) is 12.8 Å². The van der Waals surface area contributed by atoms with Gasteiger partial charge < -0.3 is 25.6 Å². The zero-order valence-corrected chi connectivity index (χ0v) is 26.0. The highest BCUT2D eigenvalue weighted by molar-refractivity contribution is 5.87. The lowest BCUT2D eigenvalue weighted by molar-refractivity contribution is -0.150. The van der Waals surface area contributed by atoms with Gasteiger partial charge in [0.25, 0.3) is 0 Å². The predicted octanol–water partition coefficient (Wildman–Crippen LogP) is 5.92. The number of aliphatic hydroxyl groups excluding tert-OH is 1. The van der Waals surface area contributed by atoms with E-state index in [0.717, 1.165) is 77.0 Å². The van der Waals surface area contributed by atoms with E-state index in [-0.39, 0.29) is 30.9 Å². The van der Waals surface area contributed by atoms with Crippen LogP contribution in [0, 0.1) is 0 Å². The Kier molecular flexibility index (Phi) is 26.2. The van der Waals surface area contributed by atoms with Crippen LogP contribution >= 0.6 is 0 Å². The number of carbonyl (C=O) groups is 4. The second kappa shape index (κ2) is 28.2. The number of hydrogen-bond acceptors (Lipinski definition) is 6. The molecule has 0 saturated heterocycles. The lowest BCUT2D eigenvalue weighted by atomic mass is 10.1. The fraction of sp³-hybridized carbons (Fsp3) is 0.697. The van der Waals surface area contributed by atoms with Crippen LogP contribution in [0.2, 0.25) is 0 Å². The van der Waals surface area contributed by atoms with Crippen LogP contribution in [-0.2, 0) is 23.9 Å². The molecule has 0 heterocycles. The first-order valence-electron chi connectivity index (χ1n) is 15.9. The smallest absolute Gasteiger partial charge is 0.328 e. The first-order valence-corrected chi connectivity index (χ1v) is 15.9. The van der Waals surface area contributed by atoms with Crippen molar-refractivity contribution in [2.24, 2.45) is 0 Å². The Bertz CT molecular complexity index is 823. The summed E-state index contributed by atoms with van der Waals surface area (Å²) in [6.07, 6.45) is 28.3. The van der Waals surface area contributed by atoms with Crippen LogP contribution < -0.4 is 10.6 Å². The minimum atomic E-state index is -1.39. The molecule has 0 aliphatic heterocycles. The molecule has 2 unspecified atom stereocenters. The maximum atomic E-state index is 12.3. The molecular formula is C33H56N2O7.